The number of ether oxygens (including phenoxy) is 1. The summed E-state index contributed by atoms with van der Waals surface area (Å²) in [5, 5.41) is 0. The van der Waals surface area contributed by atoms with E-state index in [1.54, 1.807) is 0 Å². The maximum absolute atomic E-state index is 6.27. The van der Waals surface area contributed by atoms with Crippen LogP contribution in [-0.2, 0) is 6.42 Å². The molecule has 1 aliphatic heterocycles. The first-order valence-corrected chi connectivity index (χ1v) is 6.03. The van der Waals surface area contributed by atoms with Crippen LogP contribution >= 0.6 is 0 Å². The van der Waals surface area contributed by atoms with Crippen LogP contribution in [0.3, 0.4) is 0 Å². The van der Waals surface area contributed by atoms with Gasteiger partial charge in [0.25, 0.3) is 0 Å². The average Bonchev–Trinajstić information content (AvgIpc) is 2.97. The molecule has 1 aromatic carbocycles. The summed E-state index contributed by atoms with van der Waals surface area (Å²) >= 11 is 0. The molecule has 0 saturated carbocycles. The molecule has 0 spiro atoms. The molecule has 3 rings (SSSR count). The summed E-state index contributed by atoms with van der Waals surface area (Å²) in [7, 11) is 0. The Morgan fingerprint density at radius 1 is 1.31 bits per heavy atom. The lowest BCUT2D eigenvalue weighted by molar-refractivity contribution is 0.211. The molecule has 1 aromatic rings. The second-order valence-electron chi connectivity index (χ2n) is 4.67. The largest absolute Gasteiger partial charge is 0.488 e. The maximum Gasteiger partial charge on any atom is 0.123 e. The second-order valence-corrected chi connectivity index (χ2v) is 4.67. The number of rotatable bonds is 2. The van der Waals surface area contributed by atoms with E-state index in [-0.39, 0.29) is 12.1 Å². The fourth-order valence-corrected chi connectivity index (χ4v) is 2.65. The minimum absolute atomic E-state index is 0.0786. The van der Waals surface area contributed by atoms with E-state index in [1.165, 1.54) is 24.0 Å². The van der Waals surface area contributed by atoms with Crippen LogP contribution in [0.4, 0.5) is 0 Å². The average molecular weight is 215 g/mol. The SMILES string of the molecule is NC(C1=CCCC1)C1Cc2ccccc2O1. The molecule has 2 nitrogen and oxygen atoms in total. The molecule has 1 aliphatic carbocycles. The van der Waals surface area contributed by atoms with Gasteiger partial charge < -0.3 is 10.5 Å². The van der Waals surface area contributed by atoms with Gasteiger partial charge in [0.2, 0.25) is 0 Å². The van der Waals surface area contributed by atoms with Crippen LogP contribution in [-0.4, -0.2) is 12.1 Å². The highest BCUT2D eigenvalue weighted by atomic mass is 16.5. The van der Waals surface area contributed by atoms with Crippen molar-refractivity contribution in [1.29, 1.82) is 0 Å². The van der Waals surface area contributed by atoms with Crippen LogP contribution in [0.5, 0.6) is 5.75 Å². The van der Waals surface area contributed by atoms with Crippen LogP contribution in [0.15, 0.2) is 35.9 Å². The third kappa shape index (κ3) is 1.63. The Morgan fingerprint density at radius 3 is 2.94 bits per heavy atom. The summed E-state index contributed by atoms with van der Waals surface area (Å²) in [6, 6.07) is 8.32. The van der Waals surface area contributed by atoms with E-state index in [0.29, 0.717) is 0 Å². The number of allylic oxidation sites excluding steroid dienone is 1. The minimum Gasteiger partial charge on any atom is -0.488 e. The predicted molar refractivity (Wildman–Crippen MR) is 64.5 cm³/mol. The van der Waals surface area contributed by atoms with E-state index in [0.717, 1.165) is 18.6 Å². The Morgan fingerprint density at radius 2 is 2.19 bits per heavy atom. The van der Waals surface area contributed by atoms with Crippen LogP contribution in [0.1, 0.15) is 24.8 Å². The Kier molecular flexibility index (Phi) is 2.44. The monoisotopic (exact) mass is 215 g/mol. The van der Waals surface area contributed by atoms with Crippen LogP contribution < -0.4 is 10.5 Å². The molecular weight excluding hydrogens is 198 g/mol. The summed E-state index contributed by atoms with van der Waals surface area (Å²) in [5.74, 6) is 1.02. The van der Waals surface area contributed by atoms with Crippen LogP contribution in [0.2, 0.25) is 0 Å². The number of benzene rings is 1. The lowest BCUT2D eigenvalue weighted by Crippen LogP contribution is -2.39. The van der Waals surface area contributed by atoms with E-state index in [1.807, 2.05) is 12.1 Å². The molecule has 0 aromatic heterocycles. The molecule has 2 N–H and O–H groups in total. The molecule has 0 radical (unpaired) electrons. The van der Waals surface area contributed by atoms with E-state index < -0.39 is 0 Å². The first-order chi connectivity index (χ1) is 7.84. The Labute approximate surface area is 96.1 Å². The number of hydrogen-bond acceptors (Lipinski definition) is 2. The van der Waals surface area contributed by atoms with Crippen molar-refractivity contribution in [3.8, 4) is 5.75 Å². The van der Waals surface area contributed by atoms with Crippen molar-refractivity contribution in [3.05, 3.63) is 41.5 Å². The molecule has 0 fully saturated rings. The topological polar surface area (TPSA) is 35.2 Å². The van der Waals surface area contributed by atoms with E-state index >= 15 is 0 Å². The highest BCUT2D eigenvalue weighted by Gasteiger charge is 2.30. The van der Waals surface area contributed by atoms with Crippen LogP contribution in [0.25, 0.3) is 0 Å². The number of nitrogens with two attached hydrogens (primary N) is 1. The second kappa shape index (κ2) is 3.95. The Hall–Kier alpha value is -1.28. The van der Waals surface area contributed by atoms with Crippen molar-refractivity contribution in [3.63, 3.8) is 0 Å². The van der Waals surface area contributed by atoms with Gasteiger partial charge in [-0.2, -0.15) is 0 Å². The standard InChI is InChI=1S/C14H17NO/c15-14(10-5-1-2-6-10)13-9-11-7-3-4-8-12(11)16-13/h3-5,7-8,13-14H,1-2,6,9,15H2. The molecule has 0 amide bonds. The molecule has 2 unspecified atom stereocenters. The molecule has 0 bridgehead atoms. The van der Waals surface area contributed by atoms with Gasteiger partial charge >= 0.3 is 0 Å². The van der Waals surface area contributed by atoms with Gasteiger partial charge in [-0.25, -0.2) is 0 Å². The van der Waals surface area contributed by atoms with E-state index in [2.05, 4.69) is 18.2 Å². The third-order valence-corrected chi connectivity index (χ3v) is 3.58. The van der Waals surface area contributed by atoms with Gasteiger partial charge in [0.1, 0.15) is 11.9 Å². The zero-order chi connectivity index (χ0) is 11.0. The number of para-hydroxylation sites is 1. The molecule has 2 atom stereocenters. The third-order valence-electron chi connectivity index (χ3n) is 3.58. The number of fused-ring (bicyclic) bond motifs is 1. The van der Waals surface area contributed by atoms with Gasteiger partial charge in [-0.1, -0.05) is 29.8 Å². The fraction of sp³-hybridized carbons (Fsp3) is 0.429. The lowest BCUT2D eigenvalue weighted by atomic mass is 9.98. The van der Waals surface area contributed by atoms with Gasteiger partial charge in [-0.05, 0) is 30.9 Å². The predicted octanol–water partition coefficient (Wildman–Crippen LogP) is 2.43. The summed E-state index contributed by atoms with van der Waals surface area (Å²) in [6.45, 7) is 0. The highest BCUT2D eigenvalue weighted by Crippen LogP contribution is 2.32. The molecule has 2 heteroatoms. The molecule has 16 heavy (non-hydrogen) atoms. The van der Waals surface area contributed by atoms with Gasteiger partial charge in [0.05, 0.1) is 6.04 Å². The normalized spacial score (nSPS) is 24.8. The lowest BCUT2D eigenvalue weighted by Gasteiger charge is -2.20. The quantitative estimate of drug-likeness (QED) is 0.769. The molecular formula is C14H17NO. The zero-order valence-corrected chi connectivity index (χ0v) is 9.36. The highest BCUT2D eigenvalue weighted by molar-refractivity contribution is 5.38. The van der Waals surface area contributed by atoms with Crippen molar-refractivity contribution < 1.29 is 4.74 Å². The molecule has 84 valence electrons. The number of hydrogen-bond donors (Lipinski definition) is 1. The van der Waals surface area contributed by atoms with E-state index in [9.17, 15) is 0 Å². The fourth-order valence-electron chi connectivity index (χ4n) is 2.65. The Balaban J connectivity index is 1.75. The summed E-state index contributed by atoms with van der Waals surface area (Å²) < 4.78 is 5.92. The maximum atomic E-state index is 6.27. The van der Waals surface area contributed by atoms with Crippen molar-refractivity contribution in [2.75, 3.05) is 0 Å². The van der Waals surface area contributed by atoms with E-state index in [4.69, 9.17) is 10.5 Å². The minimum atomic E-state index is 0.0786. The molecule has 2 aliphatic rings. The first kappa shape index (κ1) is 9.91. The summed E-state index contributed by atoms with van der Waals surface area (Å²) in [5.41, 5.74) is 8.95. The molecule has 1 heterocycles. The summed E-state index contributed by atoms with van der Waals surface area (Å²) in [6.07, 6.45) is 6.97. The van der Waals surface area contributed by atoms with Crippen molar-refractivity contribution >= 4 is 0 Å². The van der Waals surface area contributed by atoms with Gasteiger partial charge in [-0.15, -0.1) is 0 Å². The molecule has 0 saturated heterocycles. The van der Waals surface area contributed by atoms with Crippen molar-refractivity contribution in [1.82, 2.24) is 0 Å². The van der Waals surface area contributed by atoms with Gasteiger partial charge in [0.15, 0.2) is 0 Å². The summed E-state index contributed by atoms with van der Waals surface area (Å²) in [4.78, 5) is 0. The van der Waals surface area contributed by atoms with Crippen molar-refractivity contribution in [2.24, 2.45) is 5.73 Å². The Bertz CT molecular complexity index is 399. The van der Waals surface area contributed by atoms with Crippen molar-refractivity contribution in [2.45, 2.75) is 37.8 Å². The smallest absolute Gasteiger partial charge is 0.123 e. The zero-order valence-electron chi connectivity index (χ0n) is 9.36. The first-order valence-electron chi connectivity index (χ1n) is 6.03. The van der Waals surface area contributed by atoms with Gasteiger partial charge in [-0.3, -0.25) is 0 Å². The van der Waals surface area contributed by atoms with Gasteiger partial charge in [0, 0.05) is 6.42 Å². The van der Waals surface area contributed by atoms with Crippen LogP contribution in [0, 0.1) is 0 Å².